The number of carbonyl (C=O) groups excluding carboxylic acids is 4. The Morgan fingerprint density at radius 1 is 1.10 bits per heavy atom. The fourth-order valence-electron chi connectivity index (χ4n) is 5.51. The molecular weight excluding hydrogens is 539 g/mol. The number of ether oxygens (including phenoxy) is 1. The Balaban J connectivity index is 1.60. The van der Waals surface area contributed by atoms with Gasteiger partial charge >= 0.3 is 0 Å². The van der Waals surface area contributed by atoms with E-state index in [-0.39, 0.29) is 54.7 Å². The summed E-state index contributed by atoms with van der Waals surface area (Å²) in [6.45, 7) is 8.65. The van der Waals surface area contributed by atoms with Crippen LogP contribution in [0.5, 0.6) is 5.75 Å². The fourth-order valence-corrected chi connectivity index (χ4v) is 5.51. The summed E-state index contributed by atoms with van der Waals surface area (Å²) in [5.74, 6) is -1.46. The minimum absolute atomic E-state index is 0.150. The van der Waals surface area contributed by atoms with Crippen LogP contribution in [0.25, 0.3) is 0 Å². The monoisotopic (exact) mass is 580 g/mol. The number of amides is 4. The molecule has 9 nitrogen and oxygen atoms in total. The summed E-state index contributed by atoms with van der Waals surface area (Å²) in [5, 5.41) is 8.68. The summed E-state index contributed by atoms with van der Waals surface area (Å²) in [5.41, 5.74) is 0.493. The number of nitrogens with one attached hydrogen (secondary N) is 3. The van der Waals surface area contributed by atoms with Crippen molar-refractivity contribution in [1.29, 1.82) is 0 Å². The molecule has 0 saturated carbocycles. The summed E-state index contributed by atoms with van der Waals surface area (Å²) in [6, 6.07) is 10.6. The summed E-state index contributed by atoms with van der Waals surface area (Å²) in [4.78, 5) is 55.4. The van der Waals surface area contributed by atoms with Crippen LogP contribution in [0.3, 0.4) is 0 Å². The maximum atomic E-state index is 13.5. The molecule has 2 aliphatic heterocycles. The smallest absolute Gasteiger partial charge is 0.255 e. The van der Waals surface area contributed by atoms with E-state index in [4.69, 9.17) is 4.74 Å². The molecule has 4 amide bonds. The molecule has 2 aromatic rings. The molecule has 2 heterocycles. The second-order valence-corrected chi connectivity index (χ2v) is 12.2. The predicted octanol–water partition coefficient (Wildman–Crippen LogP) is 3.32. The largest absolute Gasteiger partial charge is 0.491 e. The average Bonchev–Trinajstić information content (AvgIpc) is 3.44. The first-order chi connectivity index (χ1) is 19.9. The Hall–Kier alpha value is -3.95. The van der Waals surface area contributed by atoms with Crippen LogP contribution < -0.4 is 20.7 Å². The van der Waals surface area contributed by atoms with E-state index in [0.717, 1.165) is 5.56 Å². The number of para-hydroxylation sites is 1. The number of hydrogen-bond acceptors (Lipinski definition) is 5. The number of nitrogens with zero attached hydrogens (tertiary/aromatic N) is 1. The van der Waals surface area contributed by atoms with Gasteiger partial charge < -0.3 is 25.6 Å². The van der Waals surface area contributed by atoms with Crippen LogP contribution in [0.15, 0.2) is 48.5 Å². The minimum atomic E-state index is -1.19. The number of fused-ring (bicyclic) bond motifs is 2. The van der Waals surface area contributed by atoms with E-state index in [1.54, 1.807) is 36.4 Å². The highest BCUT2D eigenvalue weighted by atomic mass is 19.1. The number of rotatable bonds is 6. The van der Waals surface area contributed by atoms with Gasteiger partial charge in [-0.1, -0.05) is 52.0 Å². The minimum Gasteiger partial charge on any atom is -0.491 e. The second kappa shape index (κ2) is 13.4. The molecule has 4 rings (SSSR count). The Morgan fingerprint density at radius 3 is 2.52 bits per heavy atom. The lowest BCUT2D eigenvalue weighted by atomic mass is 9.84. The van der Waals surface area contributed by atoms with Crippen molar-refractivity contribution >= 4 is 23.6 Å². The molecule has 3 N–H and O–H groups in total. The molecule has 1 fully saturated rings. The molecule has 1 saturated heterocycles. The third-order valence-electron chi connectivity index (χ3n) is 7.88. The van der Waals surface area contributed by atoms with E-state index in [1.807, 2.05) is 13.8 Å². The van der Waals surface area contributed by atoms with Gasteiger partial charge in [-0.2, -0.15) is 0 Å². The van der Waals surface area contributed by atoms with Gasteiger partial charge in [-0.15, -0.1) is 0 Å². The van der Waals surface area contributed by atoms with Gasteiger partial charge in [0.15, 0.2) is 0 Å². The van der Waals surface area contributed by atoms with Gasteiger partial charge in [-0.25, -0.2) is 4.39 Å². The van der Waals surface area contributed by atoms with Gasteiger partial charge in [0.05, 0.1) is 18.0 Å². The normalized spacial score (nSPS) is 21.9. The van der Waals surface area contributed by atoms with Crippen molar-refractivity contribution in [2.75, 3.05) is 19.7 Å². The number of halogens is 1. The lowest BCUT2D eigenvalue weighted by Gasteiger charge is -2.30. The molecule has 0 unspecified atom stereocenters. The van der Waals surface area contributed by atoms with Gasteiger partial charge in [0.2, 0.25) is 17.7 Å². The zero-order chi connectivity index (χ0) is 30.4. The topological polar surface area (TPSA) is 117 Å². The first-order valence-corrected chi connectivity index (χ1v) is 14.6. The maximum Gasteiger partial charge on any atom is 0.255 e. The van der Waals surface area contributed by atoms with Crippen LogP contribution in [0.1, 0.15) is 69.3 Å². The van der Waals surface area contributed by atoms with Gasteiger partial charge in [0.1, 0.15) is 30.3 Å². The van der Waals surface area contributed by atoms with E-state index in [2.05, 4.69) is 29.8 Å². The molecule has 0 bridgehead atoms. The Kier molecular flexibility index (Phi) is 9.85. The van der Waals surface area contributed by atoms with Gasteiger partial charge in [-0.3, -0.25) is 19.2 Å². The zero-order valence-corrected chi connectivity index (χ0v) is 24.7. The maximum absolute atomic E-state index is 13.5. The molecule has 10 heteroatoms. The SMILES string of the molecule is CC(C)C[C@H]1COc2ccccc2C(=O)N[C@H](C(=O)NCC(C)(C)c2ccc(F)cc2)CC(=O)N2CCC[C@@H]2C(=O)N1. The standard InChI is InChI=1S/C32H41FN4O5/c1-20(2)16-23-18-42-27-10-6-5-8-24(27)29(39)36-25(17-28(38)37-15-7-9-26(37)31(41)35-23)30(40)34-19-32(3,4)21-11-13-22(33)14-12-21/h5-6,8,10-14,20,23,25-26H,7,9,15-19H2,1-4H3,(H,34,40)(H,35,41)(H,36,39)/t23-,25-,26+/m0/s1. The van der Waals surface area contributed by atoms with Crippen molar-refractivity contribution in [3.05, 3.63) is 65.5 Å². The van der Waals surface area contributed by atoms with Crippen molar-refractivity contribution < 1.29 is 28.3 Å². The van der Waals surface area contributed by atoms with Crippen molar-refractivity contribution in [3.8, 4) is 5.75 Å². The number of benzene rings is 2. The molecule has 226 valence electrons. The first kappa shape index (κ1) is 31.0. The third-order valence-corrected chi connectivity index (χ3v) is 7.88. The van der Waals surface area contributed by atoms with E-state index in [1.165, 1.54) is 17.0 Å². The lowest BCUT2D eigenvalue weighted by Crippen LogP contribution is -2.54. The molecule has 0 aromatic heterocycles. The molecule has 2 aliphatic rings. The van der Waals surface area contributed by atoms with Crippen molar-refractivity contribution in [1.82, 2.24) is 20.9 Å². The second-order valence-electron chi connectivity index (χ2n) is 12.2. The zero-order valence-electron chi connectivity index (χ0n) is 24.7. The van der Waals surface area contributed by atoms with Crippen molar-refractivity contribution in [3.63, 3.8) is 0 Å². The quantitative estimate of drug-likeness (QED) is 0.485. The van der Waals surface area contributed by atoms with Crippen LogP contribution in [-0.2, 0) is 19.8 Å². The predicted molar refractivity (Wildman–Crippen MR) is 156 cm³/mol. The molecular formula is C32H41FN4O5. The molecule has 2 aromatic carbocycles. The molecule has 42 heavy (non-hydrogen) atoms. The van der Waals surface area contributed by atoms with Crippen LogP contribution in [0.4, 0.5) is 4.39 Å². The Bertz CT molecular complexity index is 1300. The van der Waals surface area contributed by atoms with Crippen molar-refractivity contribution in [2.24, 2.45) is 5.92 Å². The lowest BCUT2D eigenvalue weighted by molar-refractivity contribution is -0.140. The Labute approximate surface area is 246 Å². The van der Waals surface area contributed by atoms with Crippen LogP contribution >= 0.6 is 0 Å². The highest BCUT2D eigenvalue weighted by Crippen LogP contribution is 2.24. The van der Waals surface area contributed by atoms with Crippen LogP contribution in [-0.4, -0.2) is 66.4 Å². The van der Waals surface area contributed by atoms with Crippen LogP contribution in [0.2, 0.25) is 0 Å². The number of hydrogen-bond donors (Lipinski definition) is 3. The first-order valence-electron chi connectivity index (χ1n) is 14.6. The highest BCUT2D eigenvalue weighted by Gasteiger charge is 2.38. The fraction of sp³-hybridized carbons (Fsp3) is 0.500. The van der Waals surface area contributed by atoms with Gasteiger partial charge in [0.25, 0.3) is 5.91 Å². The van der Waals surface area contributed by atoms with E-state index >= 15 is 0 Å². The van der Waals surface area contributed by atoms with Crippen LogP contribution in [0, 0.1) is 11.7 Å². The summed E-state index contributed by atoms with van der Waals surface area (Å²) >= 11 is 0. The Morgan fingerprint density at radius 2 is 1.81 bits per heavy atom. The third kappa shape index (κ3) is 7.66. The molecule has 3 atom stereocenters. The summed E-state index contributed by atoms with van der Waals surface area (Å²) in [7, 11) is 0. The van der Waals surface area contributed by atoms with Gasteiger partial charge in [-0.05, 0) is 55.0 Å². The summed E-state index contributed by atoms with van der Waals surface area (Å²) in [6.07, 6.45) is 1.54. The van der Waals surface area contributed by atoms with E-state index in [9.17, 15) is 23.6 Å². The van der Waals surface area contributed by atoms with Gasteiger partial charge in [0, 0.05) is 18.5 Å². The number of carbonyl (C=O) groups is 4. The van der Waals surface area contributed by atoms with E-state index < -0.39 is 29.3 Å². The molecule has 0 radical (unpaired) electrons. The summed E-state index contributed by atoms with van der Waals surface area (Å²) < 4.78 is 19.5. The van der Waals surface area contributed by atoms with E-state index in [0.29, 0.717) is 31.6 Å². The average molecular weight is 581 g/mol. The van der Waals surface area contributed by atoms with Crippen molar-refractivity contribution in [2.45, 2.75) is 76.9 Å². The highest BCUT2D eigenvalue weighted by molar-refractivity contribution is 6.01. The molecule has 0 spiro atoms. The molecule has 0 aliphatic carbocycles.